The highest BCUT2D eigenvalue weighted by Crippen LogP contribution is 2.40. The summed E-state index contributed by atoms with van der Waals surface area (Å²) in [6.07, 6.45) is 1.07. The maximum atomic E-state index is 5.57. The molecule has 2 atom stereocenters. The predicted molar refractivity (Wildman–Crippen MR) is 76.8 cm³/mol. The Labute approximate surface area is 117 Å². The molecule has 96 valence electrons. The van der Waals surface area contributed by atoms with Gasteiger partial charge >= 0.3 is 0 Å². The van der Waals surface area contributed by atoms with Gasteiger partial charge in [-0.05, 0) is 12.0 Å². The third kappa shape index (κ3) is 3.25. The summed E-state index contributed by atoms with van der Waals surface area (Å²) in [6.45, 7) is 4.32. The molecule has 4 heteroatoms. The lowest BCUT2D eigenvalue weighted by Gasteiger charge is -2.23. The van der Waals surface area contributed by atoms with Gasteiger partial charge in [0.15, 0.2) is 11.5 Å². The molecule has 1 rings (SSSR count). The van der Waals surface area contributed by atoms with E-state index in [-0.39, 0.29) is 6.10 Å². The Balaban J connectivity index is 3.18. The van der Waals surface area contributed by atoms with E-state index in [2.05, 4.69) is 13.8 Å². The molecular formula is C13H19IO3. The molecule has 0 spiro atoms. The summed E-state index contributed by atoms with van der Waals surface area (Å²) in [6, 6.07) is 5.88. The standard InChI is InChI=1S/C13H19IO3/c1-5-9(2)12(17-14)10-7-6-8-11(15-3)13(10)16-4/h6-9,12H,5H2,1-4H3. The molecule has 0 bridgehead atoms. The molecule has 17 heavy (non-hydrogen) atoms. The molecule has 0 aliphatic rings. The average molecular weight is 350 g/mol. The van der Waals surface area contributed by atoms with E-state index in [9.17, 15) is 0 Å². The third-order valence-electron chi connectivity index (χ3n) is 3.00. The summed E-state index contributed by atoms with van der Waals surface area (Å²) in [7, 11) is 3.30. The summed E-state index contributed by atoms with van der Waals surface area (Å²) >= 11 is 1.95. The predicted octanol–water partition coefficient (Wildman–Crippen LogP) is 4.16. The van der Waals surface area contributed by atoms with Gasteiger partial charge in [0.2, 0.25) is 0 Å². The van der Waals surface area contributed by atoms with E-state index in [4.69, 9.17) is 12.5 Å². The average Bonchev–Trinajstić information content (AvgIpc) is 2.38. The molecule has 0 aliphatic carbocycles. The zero-order valence-electron chi connectivity index (χ0n) is 10.7. The molecule has 1 aromatic rings. The molecule has 1 aromatic carbocycles. The first-order chi connectivity index (χ1) is 8.19. The molecule has 0 heterocycles. The van der Waals surface area contributed by atoms with Gasteiger partial charge in [0.05, 0.1) is 14.2 Å². The molecule has 2 unspecified atom stereocenters. The maximum absolute atomic E-state index is 5.57. The fraction of sp³-hybridized carbons (Fsp3) is 0.538. The highest BCUT2D eigenvalue weighted by Gasteiger charge is 2.23. The number of methoxy groups -OCH3 is 2. The van der Waals surface area contributed by atoms with Crippen LogP contribution in [0, 0.1) is 5.92 Å². The Kier molecular flexibility index (Phi) is 6.05. The van der Waals surface area contributed by atoms with Crippen molar-refractivity contribution in [2.24, 2.45) is 5.92 Å². The van der Waals surface area contributed by atoms with Crippen molar-refractivity contribution in [2.45, 2.75) is 26.4 Å². The lowest BCUT2D eigenvalue weighted by Crippen LogP contribution is -2.11. The Bertz CT molecular complexity index is 355. The van der Waals surface area contributed by atoms with Crippen molar-refractivity contribution in [1.29, 1.82) is 0 Å². The van der Waals surface area contributed by atoms with Gasteiger partial charge in [-0.15, -0.1) is 0 Å². The van der Waals surface area contributed by atoms with Gasteiger partial charge in [0, 0.05) is 5.56 Å². The van der Waals surface area contributed by atoms with Crippen molar-refractivity contribution >= 4 is 23.0 Å². The minimum atomic E-state index is 0.0191. The SMILES string of the molecule is CCC(C)C(OI)c1cccc(OC)c1OC. The minimum Gasteiger partial charge on any atom is -0.493 e. The van der Waals surface area contributed by atoms with E-state index in [0.29, 0.717) is 5.92 Å². The van der Waals surface area contributed by atoms with Crippen molar-refractivity contribution in [3.63, 3.8) is 0 Å². The molecule has 0 aliphatic heterocycles. The topological polar surface area (TPSA) is 27.7 Å². The fourth-order valence-electron chi connectivity index (χ4n) is 1.79. The first-order valence-electron chi connectivity index (χ1n) is 5.67. The van der Waals surface area contributed by atoms with Crippen LogP contribution in [0.2, 0.25) is 0 Å². The second-order valence-electron chi connectivity index (χ2n) is 3.98. The second kappa shape index (κ2) is 7.06. The first kappa shape index (κ1) is 14.6. The van der Waals surface area contributed by atoms with Crippen LogP contribution < -0.4 is 9.47 Å². The zero-order valence-corrected chi connectivity index (χ0v) is 12.9. The molecule has 3 nitrogen and oxygen atoms in total. The van der Waals surface area contributed by atoms with E-state index >= 15 is 0 Å². The van der Waals surface area contributed by atoms with Crippen LogP contribution in [0.3, 0.4) is 0 Å². The summed E-state index contributed by atoms with van der Waals surface area (Å²) < 4.78 is 16.3. The molecule has 0 aromatic heterocycles. The van der Waals surface area contributed by atoms with Gasteiger partial charge < -0.3 is 12.5 Å². The van der Waals surface area contributed by atoms with Gasteiger partial charge in [-0.1, -0.05) is 32.4 Å². The summed E-state index contributed by atoms with van der Waals surface area (Å²) in [5.74, 6) is 1.93. The van der Waals surface area contributed by atoms with Gasteiger partial charge in [-0.3, -0.25) is 0 Å². The van der Waals surface area contributed by atoms with Crippen molar-refractivity contribution in [1.82, 2.24) is 0 Å². The fourth-order valence-corrected chi connectivity index (χ4v) is 2.57. The number of rotatable bonds is 6. The molecule has 0 radical (unpaired) electrons. The number of para-hydroxylation sites is 1. The van der Waals surface area contributed by atoms with Gasteiger partial charge in [-0.2, -0.15) is 0 Å². The number of ether oxygens (including phenoxy) is 2. The maximum Gasteiger partial charge on any atom is 0.166 e. The molecule has 0 N–H and O–H groups in total. The summed E-state index contributed by atoms with van der Waals surface area (Å²) in [5.41, 5.74) is 1.04. The Morgan fingerprint density at radius 1 is 1.24 bits per heavy atom. The second-order valence-corrected chi connectivity index (χ2v) is 4.49. The Hall–Kier alpha value is -0.490. The highest BCUT2D eigenvalue weighted by atomic mass is 127. The Morgan fingerprint density at radius 2 is 1.94 bits per heavy atom. The monoisotopic (exact) mass is 350 g/mol. The zero-order chi connectivity index (χ0) is 12.8. The number of benzene rings is 1. The lowest BCUT2D eigenvalue weighted by molar-refractivity contribution is 0.196. The molecule has 0 saturated heterocycles. The number of halogens is 1. The highest BCUT2D eigenvalue weighted by molar-refractivity contribution is 14.1. The summed E-state index contributed by atoms with van der Waals surface area (Å²) in [5, 5.41) is 0. The minimum absolute atomic E-state index is 0.0191. The number of hydrogen-bond acceptors (Lipinski definition) is 3. The van der Waals surface area contributed by atoms with Crippen LogP contribution in [0.25, 0.3) is 0 Å². The van der Waals surface area contributed by atoms with Gasteiger partial charge in [0.25, 0.3) is 0 Å². The molecule has 0 fully saturated rings. The first-order valence-corrected chi connectivity index (χ1v) is 6.55. The quantitative estimate of drug-likeness (QED) is 0.721. The third-order valence-corrected chi connectivity index (χ3v) is 3.54. The van der Waals surface area contributed by atoms with Crippen LogP contribution in [-0.4, -0.2) is 14.2 Å². The van der Waals surface area contributed by atoms with Crippen LogP contribution in [0.1, 0.15) is 31.9 Å². The van der Waals surface area contributed by atoms with Gasteiger partial charge in [0.1, 0.15) is 29.1 Å². The van der Waals surface area contributed by atoms with Crippen LogP contribution in [-0.2, 0) is 3.07 Å². The van der Waals surface area contributed by atoms with Crippen LogP contribution in [0.5, 0.6) is 11.5 Å². The molecule has 0 amide bonds. The van der Waals surface area contributed by atoms with E-state index in [0.717, 1.165) is 23.5 Å². The van der Waals surface area contributed by atoms with E-state index < -0.39 is 0 Å². The van der Waals surface area contributed by atoms with Crippen molar-refractivity contribution in [3.05, 3.63) is 23.8 Å². The van der Waals surface area contributed by atoms with Crippen molar-refractivity contribution in [3.8, 4) is 11.5 Å². The lowest BCUT2D eigenvalue weighted by atomic mass is 9.94. The normalized spacial score (nSPS) is 14.2. The number of hydrogen-bond donors (Lipinski definition) is 0. The van der Waals surface area contributed by atoms with Crippen molar-refractivity contribution < 1.29 is 12.5 Å². The molecular weight excluding hydrogens is 331 g/mol. The van der Waals surface area contributed by atoms with Crippen molar-refractivity contribution in [2.75, 3.05) is 14.2 Å². The van der Waals surface area contributed by atoms with Crippen LogP contribution >= 0.6 is 23.0 Å². The van der Waals surface area contributed by atoms with Crippen LogP contribution in [0.4, 0.5) is 0 Å². The Morgan fingerprint density at radius 3 is 2.41 bits per heavy atom. The summed E-state index contributed by atoms with van der Waals surface area (Å²) in [4.78, 5) is 0. The van der Waals surface area contributed by atoms with E-state index in [1.807, 2.05) is 41.2 Å². The largest absolute Gasteiger partial charge is 0.493 e. The molecule has 0 saturated carbocycles. The van der Waals surface area contributed by atoms with Gasteiger partial charge in [-0.25, -0.2) is 0 Å². The van der Waals surface area contributed by atoms with E-state index in [1.54, 1.807) is 14.2 Å². The van der Waals surface area contributed by atoms with Crippen LogP contribution in [0.15, 0.2) is 18.2 Å². The van der Waals surface area contributed by atoms with E-state index in [1.165, 1.54) is 0 Å². The smallest absolute Gasteiger partial charge is 0.166 e.